The van der Waals surface area contributed by atoms with E-state index in [2.05, 4.69) is 21.0 Å². The number of aromatic nitrogens is 2. The van der Waals surface area contributed by atoms with Crippen LogP contribution in [0.25, 0.3) is 0 Å². The molecular formula is C23H30F3N5O2S. The molecule has 0 spiro atoms. The lowest BCUT2D eigenvalue weighted by Crippen LogP contribution is -2.32. The van der Waals surface area contributed by atoms with Gasteiger partial charge in [-0.05, 0) is 63.5 Å². The normalized spacial score (nSPS) is 15.5. The van der Waals surface area contributed by atoms with Gasteiger partial charge in [0, 0.05) is 29.2 Å². The lowest BCUT2D eigenvalue weighted by Gasteiger charge is -2.15. The summed E-state index contributed by atoms with van der Waals surface area (Å²) in [4.78, 5) is 27.0. The monoisotopic (exact) mass is 497 g/mol. The zero-order chi connectivity index (χ0) is 24.3. The number of aryl methyl sites for hydroxylation is 1. The number of nitrogens with one attached hydrogen (secondary N) is 3. The molecule has 11 heteroatoms. The molecule has 2 amide bonds. The zero-order valence-electron chi connectivity index (χ0n) is 19.2. The summed E-state index contributed by atoms with van der Waals surface area (Å²) < 4.78 is 41.6. The summed E-state index contributed by atoms with van der Waals surface area (Å²) >= 11 is 1.39. The number of likely N-dealkylation sites (N-methyl/N-ethyl adjacent to an activating group) is 1. The van der Waals surface area contributed by atoms with Crippen LogP contribution in [-0.4, -0.2) is 41.2 Å². The third kappa shape index (κ3) is 5.30. The third-order valence-electron chi connectivity index (χ3n) is 6.31. The predicted octanol–water partition coefficient (Wildman–Crippen LogP) is 3.70. The Morgan fingerprint density at radius 1 is 1.03 bits per heavy atom. The number of halogens is 3. The van der Waals surface area contributed by atoms with E-state index in [0.717, 1.165) is 49.1 Å². The molecule has 2 heterocycles. The van der Waals surface area contributed by atoms with Gasteiger partial charge in [0.15, 0.2) is 5.69 Å². The molecular weight excluding hydrogens is 467 g/mol. The molecule has 4 rings (SSSR count). The van der Waals surface area contributed by atoms with Crippen molar-refractivity contribution in [1.82, 2.24) is 20.4 Å². The Bertz CT molecular complexity index is 1060. The minimum Gasteiger partial charge on any atom is -0.351 e. The van der Waals surface area contributed by atoms with Crippen LogP contribution in [0.3, 0.4) is 0 Å². The van der Waals surface area contributed by atoms with Crippen molar-refractivity contribution in [2.24, 2.45) is 0 Å². The van der Waals surface area contributed by atoms with Crippen molar-refractivity contribution in [3.63, 3.8) is 0 Å². The van der Waals surface area contributed by atoms with Gasteiger partial charge in [0.05, 0.1) is 5.56 Å². The number of alkyl halides is 3. The third-order valence-corrected chi connectivity index (χ3v) is 7.51. The molecule has 2 aromatic rings. The fourth-order valence-corrected chi connectivity index (χ4v) is 6.06. The van der Waals surface area contributed by atoms with E-state index in [4.69, 9.17) is 0 Å². The Balaban J connectivity index is 1.54. The lowest BCUT2D eigenvalue weighted by molar-refractivity contribution is -0.142. The average molecular weight is 498 g/mol. The molecule has 0 saturated carbocycles. The molecule has 0 atom stereocenters. The number of anilines is 1. The number of nitrogens with zero attached hydrogens (tertiary/aromatic N) is 2. The summed E-state index contributed by atoms with van der Waals surface area (Å²) in [5.41, 5.74) is 1.27. The Morgan fingerprint density at radius 3 is 2.47 bits per heavy atom. The molecule has 34 heavy (non-hydrogen) atoms. The van der Waals surface area contributed by atoms with Crippen molar-refractivity contribution in [2.75, 3.05) is 25.0 Å². The van der Waals surface area contributed by atoms with Gasteiger partial charge < -0.3 is 16.0 Å². The van der Waals surface area contributed by atoms with Crippen LogP contribution in [0, 0.1) is 0 Å². The standard InChI is InChI=1S/C23H30F3N5O2S/c1-2-27-11-12-28-21(33)19-15-8-4-6-10-17(15)34-22(19)29-18(32)13-31-16-9-5-3-7-14(16)20(30-31)23(24,25)26/h27H,2-13H2,1H3,(H,28,33)(H,29,32). The van der Waals surface area contributed by atoms with Crippen molar-refractivity contribution < 1.29 is 22.8 Å². The molecule has 0 bridgehead atoms. The average Bonchev–Trinajstić information content (AvgIpc) is 3.35. The Kier molecular flexibility index (Phi) is 7.61. The summed E-state index contributed by atoms with van der Waals surface area (Å²) in [5, 5.41) is 13.1. The molecule has 3 N–H and O–H groups in total. The highest BCUT2D eigenvalue weighted by molar-refractivity contribution is 7.17. The van der Waals surface area contributed by atoms with E-state index in [0.29, 0.717) is 48.6 Å². The molecule has 186 valence electrons. The molecule has 0 aliphatic heterocycles. The molecule has 7 nitrogen and oxygen atoms in total. The van der Waals surface area contributed by atoms with Gasteiger partial charge in [0.1, 0.15) is 11.5 Å². The number of rotatable bonds is 8. The highest BCUT2D eigenvalue weighted by Gasteiger charge is 2.39. The molecule has 2 aliphatic rings. The Labute approximate surface area is 200 Å². The Hall–Kier alpha value is -2.40. The van der Waals surface area contributed by atoms with Crippen molar-refractivity contribution in [3.8, 4) is 0 Å². The van der Waals surface area contributed by atoms with E-state index in [-0.39, 0.29) is 18.0 Å². The first-order valence-electron chi connectivity index (χ1n) is 11.9. The molecule has 0 radical (unpaired) electrons. The second-order valence-electron chi connectivity index (χ2n) is 8.71. The van der Waals surface area contributed by atoms with Crippen LogP contribution in [0.5, 0.6) is 0 Å². The summed E-state index contributed by atoms with van der Waals surface area (Å²) in [6.07, 6.45) is 1.34. The van der Waals surface area contributed by atoms with Crippen LogP contribution in [-0.2, 0) is 43.2 Å². The first kappa shape index (κ1) is 24.7. The van der Waals surface area contributed by atoms with Gasteiger partial charge >= 0.3 is 6.18 Å². The molecule has 0 unspecified atom stereocenters. The molecule has 0 saturated heterocycles. The van der Waals surface area contributed by atoms with E-state index in [1.165, 1.54) is 16.0 Å². The predicted molar refractivity (Wildman–Crippen MR) is 124 cm³/mol. The van der Waals surface area contributed by atoms with Crippen LogP contribution in [0.15, 0.2) is 0 Å². The minimum atomic E-state index is -4.55. The quantitative estimate of drug-likeness (QED) is 0.486. The Morgan fingerprint density at radius 2 is 1.74 bits per heavy atom. The number of amides is 2. The number of thiophene rings is 1. The highest BCUT2D eigenvalue weighted by Crippen LogP contribution is 2.39. The van der Waals surface area contributed by atoms with Gasteiger partial charge in [-0.2, -0.15) is 18.3 Å². The maximum atomic E-state index is 13.5. The maximum Gasteiger partial charge on any atom is 0.435 e. The van der Waals surface area contributed by atoms with E-state index >= 15 is 0 Å². The fraction of sp³-hybridized carbons (Fsp3) is 0.609. The second-order valence-corrected chi connectivity index (χ2v) is 9.81. The van der Waals surface area contributed by atoms with Crippen molar-refractivity contribution >= 4 is 28.2 Å². The van der Waals surface area contributed by atoms with Crippen LogP contribution in [0.4, 0.5) is 18.2 Å². The maximum absolute atomic E-state index is 13.5. The van der Waals surface area contributed by atoms with Crippen molar-refractivity contribution in [3.05, 3.63) is 33.0 Å². The van der Waals surface area contributed by atoms with Gasteiger partial charge in [-0.3, -0.25) is 14.3 Å². The minimum absolute atomic E-state index is 0.207. The van der Waals surface area contributed by atoms with Crippen molar-refractivity contribution in [1.29, 1.82) is 0 Å². The van der Waals surface area contributed by atoms with Crippen LogP contribution in [0.1, 0.15) is 70.4 Å². The van der Waals surface area contributed by atoms with Crippen LogP contribution >= 0.6 is 11.3 Å². The highest BCUT2D eigenvalue weighted by atomic mass is 32.1. The molecule has 2 aliphatic carbocycles. The van der Waals surface area contributed by atoms with Crippen molar-refractivity contribution in [2.45, 2.75) is 71.0 Å². The fourth-order valence-electron chi connectivity index (χ4n) is 4.76. The first-order valence-corrected chi connectivity index (χ1v) is 12.7. The molecule has 0 aromatic carbocycles. The lowest BCUT2D eigenvalue weighted by atomic mass is 9.95. The van der Waals surface area contributed by atoms with E-state index < -0.39 is 17.8 Å². The first-order chi connectivity index (χ1) is 16.3. The van der Waals surface area contributed by atoms with Gasteiger partial charge in [-0.25, -0.2) is 0 Å². The van der Waals surface area contributed by atoms with Gasteiger partial charge in [-0.1, -0.05) is 6.92 Å². The number of fused-ring (bicyclic) bond motifs is 2. The summed E-state index contributed by atoms with van der Waals surface area (Å²) in [6.45, 7) is 3.58. The largest absolute Gasteiger partial charge is 0.435 e. The number of carbonyl (C=O) groups excluding carboxylic acids is 2. The summed E-state index contributed by atoms with van der Waals surface area (Å²) in [7, 11) is 0. The number of hydrogen-bond donors (Lipinski definition) is 3. The summed E-state index contributed by atoms with van der Waals surface area (Å²) in [6, 6.07) is 0. The molecule has 0 fully saturated rings. The summed E-state index contributed by atoms with van der Waals surface area (Å²) in [5.74, 6) is -0.715. The second kappa shape index (κ2) is 10.5. The SMILES string of the molecule is CCNCCNC(=O)c1c(NC(=O)Cn2nc(C(F)(F)F)c3c2CCCC3)sc2c1CCCC2. The zero-order valence-corrected chi connectivity index (χ0v) is 20.1. The van der Waals surface area contributed by atoms with Crippen LogP contribution < -0.4 is 16.0 Å². The topological polar surface area (TPSA) is 88.0 Å². The smallest absolute Gasteiger partial charge is 0.351 e. The van der Waals surface area contributed by atoms with Gasteiger partial charge in [0.25, 0.3) is 5.91 Å². The van der Waals surface area contributed by atoms with Crippen LogP contribution in [0.2, 0.25) is 0 Å². The van der Waals surface area contributed by atoms with E-state index in [1.54, 1.807) is 0 Å². The van der Waals surface area contributed by atoms with Gasteiger partial charge in [0.2, 0.25) is 5.91 Å². The van der Waals surface area contributed by atoms with E-state index in [9.17, 15) is 22.8 Å². The number of hydrogen-bond acceptors (Lipinski definition) is 5. The number of carbonyl (C=O) groups is 2. The molecule has 2 aromatic heterocycles. The van der Waals surface area contributed by atoms with Gasteiger partial charge in [-0.15, -0.1) is 11.3 Å². The van der Waals surface area contributed by atoms with E-state index in [1.807, 2.05) is 6.92 Å².